The Hall–Kier alpha value is -0.960. The summed E-state index contributed by atoms with van der Waals surface area (Å²) in [5.74, 6) is -2.03. The molecule has 1 aromatic rings. The normalized spacial score (nSPS) is 13.0. The van der Waals surface area contributed by atoms with E-state index in [9.17, 15) is 8.78 Å². The highest BCUT2D eigenvalue weighted by Crippen LogP contribution is 2.22. The highest BCUT2D eigenvalue weighted by molar-refractivity contribution is 5.27. The van der Waals surface area contributed by atoms with Crippen molar-refractivity contribution in [2.75, 3.05) is 6.61 Å². The molecule has 0 fully saturated rings. The molecule has 0 spiro atoms. The fourth-order valence-corrected chi connectivity index (χ4v) is 1.14. The van der Waals surface area contributed by atoms with Gasteiger partial charge in [-0.15, -0.1) is 0 Å². The summed E-state index contributed by atoms with van der Waals surface area (Å²) in [7, 11) is 0. The molecule has 0 aliphatic rings. The van der Waals surface area contributed by atoms with Gasteiger partial charge in [-0.05, 0) is 18.1 Å². The lowest BCUT2D eigenvalue weighted by Gasteiger charge is -2.10. The van der Waals surface area contributed by atoms with Gasteiger partial charge in [0, 0.05) is 12.5 Å². The molecule has 0 bridgehead atoms. The molecule has 0 aromatic heterocycles. The van der Waals surface area contributed by atoms with Gasteiger partial charge in [-0.1, -0.05) is 19.1 Å². The molecule has 0 saturated heterocycles. The number of halogens is 2. The maximum Gasteiger partial charge on any atom is 0.162 e. The van der Waals surface area contributed by atoms with Crippen molar-refractivity contribution in [1.82, 2.24) is 0 Å². The third kappa shape index (κ3) is 1.86. The second kappa shape index (κ2) is 3.83. The van der Waals surface area contributed by atoms with Crippen molar-refractivity contribution in [2.24, 2.45) is 0 Å². The quantitative estimate of drug-likeness (QED) is 0.751. The Bertz CT molecular complexity index is 310. The van der Waals surface area contributed by atoms with E-state index in [1.165, 1.54) is 19.1 Å². The maximum atomic E-state index is 13.2. The highest BCUT2D eigenvalue weighted by atomic mass is 19.2. The van der Waals surface area contributed by atoms with Gasteiger partial charge < -0.3 is 5.11 Å². The van der Waals surface area contributed by atoms with Gasteiger partial charge in [-0.25, -0.2) is 8.78 Å². The van der Waals surface area contributed by atoms with Gasteiger partial charge in [0.1, 0.15) is 0 Å². The van der Waals surface area contributed by atoms with Gasteiger partial charge in [-0.2, -0.15) is 0 Å². The van der Waals surface area contributed by atoms with Crippen molar-refractivity contribution in [3.05, 3.63) is 34.9 Å². The lowest BCUT2D eigenvalue weighted by Crippen LogP contribution is -2.04. The topological polar surface area (TPSA) is 20.2 Å². The van der Waals surface area contributed by atoms with Gasteiger partial charge in [0.05, 0.1) is 0 Å². The van der Waals surface area contributed by atoms with Crippen LogP contribution in [0.2, 0.25) is 0 Å². The molecule has 3 heteroatoms. The molecule has 1 aromatic carbocycles. The highest BCUT2D eigenvalue weighted by Gasteiger charge is 2.14. The second-order valence-electron chi connectivity index (χ2n) is 3.18. The fraction of sp³-hybridized carbons (Fsp3) is 0.400. The van der Waals surface area contributed by atoms with Crippen LogP contribution in [0.15, 0.2) is 12.1 Å². The zero-order valence-electron chi connectivity index (χ0n) is 7.64. The van der Waals surface area contributed by atoms with Gasteiger partial charge in [-0.3, -0.25) is 0 Å². The minimum atomic E-state index is -0.846. The van der Waals surface area contributed by atoms with E-state index in [-0.39, 0.29) is 23.7 Å². The molecule has 0 aliphatic carbocycles. The summed E-state index contributed by atoms with van der Waals surface area (Å²) in [6, 6.07) is 3.02. The summed E-state index contributed by atoms with van der Waals surface area (Å²) in [4.78, 5) is 0. The van der Waals surface area contributed by atoms with Crippen LogP contribution < -0.4 is 0 Å². The average molecular weight is 186 g/mol. The van der Waals surface area contributed by atoms with Gasteiger partial charge in [0.15, 0.2) is 11.6 Å². The molecule has 0 saturated carbocycles. The van der Waals surface area contributed by atoms with Crippen molar-refractivity contribution in [1.29, 1.82) is 0 Å². The average Bonchev–Trinajstić information content (AvgIpc) is 2.13. The predicted octanol–water partition coefficient (Wildman–Crippen LogP) is 2.37. The van der Waals surface area contributed by atoms with E-state index in [0.717, 1.165) is 0 Å². The summed E-state index contributed by atoms with van der Waals surface area (Å²) in [6.45, 7) is 2.97. The standard InChI is InChI=1S/C10H12F2O/c1-6-3-4-8(7(2)5-13)10(12)9(6)11/h3-4,7,13H,5H2,1-2H3. The van der Waals surface area contributed by atoms with E-state index >= 15 is 0 Å². The van der Waals surface area contributed by atoms with E-state index in [0.29, 0.717) is 0 Å². The lowest BCUT2D eigenvalue weighted by atomic mass is 10.00. The SMILES string of the molecule is Cc1ccc(C(C)CO)c(F)c1F. The van der Waals surface area contributed by atoms with Crippen molar-refractivity contribution in [2.45, 2.75) is 19.8 Å². The van der Waals surface area contributed by atoms with E-state index in [1.54, 1.807) is 6.92 Å². The number of benzene rings is 1. The summed E-state index contributed by atoms with van der Waals surface area (Å²) in [6.07, 6.45) is 0. The largest absolute Gasteiger partial charge is 0.396 e. The summed E-state index contributed by atoms with van der Waals surface area (Å²) in [5, 5.41) is 8.78. The number of aryl methyl sites for hydroxylation is 1. The zero-order chi connectivity index (χ0) is 10.0. The molecule has 0 aliphatic heterocycles. The minimum absolute atomic E-state index is 0.181. The predicted molar refractivity (Wildman–Crippen MR) is 46.6 cm³/mol. The van der Waals surface area contributed by atoms with Crippen molar-refractivity contribution >= 4 is 0 Å². The Morgan fingerprint density at radius 3 is 2.46 bits per heavy atom. The third-order valence-electron chi connectivity index (χ3n) is 2.11. The molecule has 72 valence electrons. The number of aliphatic hydroxyl groups excluding tert-OH is 1. The first kappa shape index (κ1) is 10.1. The number of hydrogen-bond acceptors (Lipinski definition) is 1. The molecular formula is C10H12F2O. The molecule has 1 atom stereocenters. The van der Waals surface area contributed by atoms with Crippen LogP contribution in [-0.2, 0) is 0 Å². The molecule has 1 N–H and O–H groups in total. The Labute approximate surface area is 76.0 Å². The van der Waals surface area contributed by atoms with Crippen molar-refractivity contribution in [3.8, 4) is 0 Å². The minimum Gasteiger partial charge on any atom is -0.396 e. The Morgan fingerprint density at radius 2 is 1.92 bits per heavy atom. The van der Waals surface area contributed by atoms with Gasteiger partial charge in [0.2, 0.25) is 0 Å². The van der Waals surface area contributed by atoms with E-state index in [4.69, 9.17) is 5.11 Å². The summed E-state index contributed by atoms with van der Waals surface area (Å²) < 4.78 is 26.2. The maximum absolute atomic E-state index is 13.2. The Kier molecular flexibility index (Phi) is 2.98. The van der Waals surface area contributed by atoms with Crippen LogP contribution in [0.4, 0.5) is 8.78 Å². The monoisotopic (exact) mass is 186 g/mol. The smallest absolute Gasteiger partial charge is 0.162 e. The van der Waals surface area contributed by atoms with Crippen LogP contribution in [-0.4, -0.2) is 11.7 Å². The van der Waals surface area contributed by atoms with Crippen molar-refractivity contribution in [3.63, 3.8) is 0 Å². The zero-order valence-corrected chi connectivity index (χ0v) is 7.64. The number of rotatable bonds is 2. The van der Waals surface area contributed by atoms with Gasteiger partial charge in [0.25, 0.3) is 0 Å². The molecule has 1 nitrogen and oxygen atoms in total. The third-order valence-corrected chi connectivity index (χ3v) is 2.11. The lowest BCUT2D eigenvalue weighted by molar-refractivity contribution is 0.269. The number of hydrogen-bond donors (Lipinski definition) is 1. The first-order valence-electron chi connectivity index (χ1n) is 4.13. The second-order valence-corrected chi connectivity index (χ2v) is 3.18. The Balaban J connectivity index is 3.18. The van der Waals surface area contributed by atoms with Crippen LogP contribution in [0.3, 0.4) is 0 Å². The summed E-state index contributed by atoms with van der Waals surface area (Å²) >= 11 is 0. The fourth-order valence-electron chi connectivity index (χ4n) is 1.14. The number of aliphatic hydroxyl groups is 1. The van der Waals surface area contributed by atoms with Crippen LogP contribution in [0.5, 0.6) is 0 Å². The van der Waals surface area contributed by atoms with Gasteiger partial charge >= 0.3 is 0 Å². The molecule has 13 heavy (non-hydrogen) atoms. The molecular weight excluding hydrogens is 174 g/mol. The van der Waals surface area contributed by atoms with E-state index in [2.05, 4.69) is 0 Å². The molecule has 0 radical (unpaired) electrons. The van der Waals surface area contributed by atoms with E-state index < -0.39 is 11.6 Å². The molecule has 0 heterocycles. The van der Waals surface area contributed by atoms with Crippen LogP contribution in [0, 0.1) is 18.6 Å². The van der Waals surface area contributed by atoms with Crippen LogP contribution in [0.25, 0.3) is 0 Å². The molecule has 1 rings (SSSR count). The van der Waals surface area contributed by atoms with E-state index in [1.807, 2.05) is 0 Å². The molecule has 0 amide bonds. The first-order valence-corrected chi connectivity index (χ1v) is 4.13. The summed E-state index contributed by atoms with van der Waals surface area (Å²) in [5.41, 5.74) is 0.511. The van der Waals surface area contributed by atoms with Crippen LogP contribution >= 0.6 is 0 Å². The first-order chi connectivity index (χ1) is 6.07. The van der Waals surface area contributed by atoms with Crippen molar-refractivity contribution < 1.29 is 13.9 Å². The van der Waals surface area contributed by atoms with Crippen LogP contribution in [0.1, 0.15) is 24.0 Å². The molecule has 1 unspecified atom stereocenters. The Morgan fingerprint density at radius 1 is 1.31 bits per heavy atom.